The van der Waals surface area contributed by atoms with Crippen molar-refractivity contribution in [2.24, 2.45) is 7.05 Å². The molecule has 0 saturated heterocycles. The van der Waals surface area contributed by atoms with Crippen LogP contribution in [0.25, 0.3) is 11.3 Å². The summed E-state index contributed by atoms with van der Waals surface area (Å²) in [5.41, 5.74) is -0.00853. The lowest BCUT2D eigenvalue weighted by Crippen LogP contribution is -2.27. The molecule has 11 nitrogen and oxygen atoms in total. The molecule has 1 amide bonds. The molecule has 2 atom stereocenters. The second-order valence-corrected chi connectivity index (χ2v) is 7.57. The summed E-state index contributed by atoms with van der Waals surface area (Å²) in [6, 6.07) is 4.19. The number of nitrogens with one attached hydrogen (secondary N) is 3. The van der Waals surface area contributed by atoms with Crippen molar-refractivity contribution in [3.05, 3.63) is 58.7 Å². The van der Waals surface area contributed by atoms with E-state index in [4.69, 9.17) is 0 Å². The van der Waals surface area contributed by atoms with Crippen molar-refractivity contribution < 1.29 is 13.6 Å². The van der Waals surface area contributed by atoms with Gasteiger partial charge in [-0.25, -0.2) is 14.1 Å². The number of aromatic nitrogens is 6. The molecule has 1 fully saturated rings. The summed E-state index contributed by atoms with van der Waals surface area (Å²) in [6.07, 6.45) is 3.27. The number of amides is 1. The van der Waals surface area contributed by atoms with Gasteiger partial charge in [-0.1, -0.05) is 0 Å². The summed E-state index contributed by atoms with van der Waals surface area (Å²) in [6.45, 7) is 0. The van der Waals surface area contributed by atoms with E-state index in [9.17, 15) is 18.4 Å². The monoisotopic (exact) mass is 455 g/mol. The number of hydrogen-bond donors (Lipinski definition) is 3. The van der Waals surface area contributed by atoms with Crippen LogP contribution in [0.15, 0.2) is 41.6 Å². The third-order valence-electron chi connectivity index (χ3n) is 5.32. The van der Waals surface area contributed by atoms with Gasteiger partial charge in [-0.05, 0) is 12.1 Å². The fraction of sp³-hybridized carbons (Fsp3) is 0.250. The molecule has 1 saturated carbocycles. The number of fused-ring (bicyclic) bond motifs is 1. The SMILES string of the molecule is CNc1cc(Nc2cccn(-c3cnn(C)c3F)c2=O)nc2c(C(=O)N[C@H]3C[C@H]3F)cnn12. The summed E-state index contributed by atoms with van der Waals surface area (Å²) in [4.78, 5) is 30.0. The van der Waals surface area contributed by atoms with Crippen LogP contribution in [0.4, 0.5) is 26.1 Å². The van der Waals surface area contributed by atoms with Crippen molar-refractivity contribution in [2.75, 3.05) is 17.7 Å². The highest BCUT2D eigenvalue weighted by molar-refractivity contribution is 6.00. The minimum atomic E-state index is -1.04. The first-order valence-corrected chi connectivity index (χ1v) is 10.1. The van der Waals surface area contributed by atoms with Crippen LogP contribution in [0, 0.1) is 5.95 Å². The highest BCUT2D eigenvalue weighted by atomic mass is 19.1. The Labute approximate surface area is 185 Å². The zero-order chi connectivity index (χ0) is 23.3. The molecule has 1 aliphatic rings. The Hall–Kier alpha value is -4.29. The summed E-state index contributed by atoms with van der Waals surface area (Å²) < 4.78 is 31.1. The van der Waals surface area contributed by atoms with Gasteiger partial charge in [0.05, 0.1) is 18.4 Å². The molecule has 170 valence electrons. The number of carbonyl (C=O) groups excluding carboxylic acids is 1. The number of rotatable bonds is 6. The van der Waals surface area contributed by atoms with Gasteiger partial charge in [-0.15, -0.1) is 0 Å². The number of hydrogen-bond acceptors (Lipinski definition) is 7. The molecule has 0 aromatic carbocycles. The number of nitrogens with zero attached hydrogens (tertiary/aromatic N) is 6. The Morgan fingerprint density at radius 1 is 1.27 bits per heavy atom. The first-order valence-electron chi connectivity index (χ1n) is 10.1. The number of halogens is 2. The van der Waals surface area contributed by atoms with Crippen molar-refractivity contribution in [3.63, 3.8) is 0 Å². The van der Waals surface area contributed by atoms with Crippen molar-refractivity contribution in [1.82, 2.24) is 34.3 Å². The van der Waals surface area contributed by atoms with Crippen LogP contribution >= 0.6 is 0 Å². The molecule has 0 radical (unpaired) electrons. The van der Waals surface area contributed by atoms with Crippen LogP contribution in [0.1, 0.15) is 16.8 Å². The Bertz CT molecular complexity index is 1440. The fourth-order valence-electron chi connectivity index (χ4n) is 3.41. The van der Waals surface area contributed by atoms with Crippen LogP contribution < -0.4 is 21.5 Å². The van der Waals surface area contributed by atoms with Gasteiger partial charge in [0.1, 0.15) is 34.7 Å². The molecule has 0 bridgehead atoms. The number of pyridine rings is 1. The highest BCUT2D eigenvalue weighted by Gasteiger charge is 2.39. The second kappa shape index (κ2) is 7.69. The third kappa shape index (κ3) is 3.56. The van der Waals surface area contributed by atoms with Crippen molar-refractivity contribution in [2.45, 2.75) is 18.6 Å². The maximum atomic E-state index is 14.3. The topological polar surface area (TPSA) is 123 Å². The van der Waals surface area contributed by atoms with Gasteiger partial charge in [0.2, 0.25) is 5.95 Å². The molecule has 0 spiro atoms. The van der Waals surface area contributed by atoms with E-state index in [0.717, 1.165) is 9.25 Å². The zero-order valence-corrected chi connectivity index (χ0v) is 17.6. The predicted molar refractivity (Wildman–Crippen MR) is 115 cm³/mol. The summed E-state index contributed by atoms with van der Waals surface area (Å²) in [5, 5.41) is 16.5. The van der Waals surface area contributed by atoms with E-state index in [1.54, 1.807) is 19.2 Å². The minimum Gasteiger partial charge on any atom is -0.373 e. The lowest BCUT2D eigenvalue weighted by atomic mass is 10.3. The maximum absolute atomic E-state index is 14.3. The van der Waals surface area contributed by atoms with Crippen LogP contribution in [0.2, 0.25) is 0 Å². The smallest absolute Gasteiger partial charge is 0.278 e. The van der Waals surface area contributed by atoms with Crippen LogP contribution in [-0.2, 0) is 7.05 Å². The first-order chi connectivity index (χ1) is 15.9. The Morgan fingerprint density at radius 3 is 2.73 bits per heavy atom. The highest BCUT2D eigenvalue weighted by Crippen LogP contribution is 2.26. The Balaban J connectivity index is 1.52. The van der Waals surface area contributed by atoms with E-state index in [2.05, 4.69) is 31.1 Å². The fourth-order valence-corrected chi connectivity index (χ4v) is 3.41. The molecule has 4 aromatic heterocycles. The van der Waals surface area contributed by atoms with Gasteiger partial charge < -0.3 is 16.0 Å². The molecule has 0 aliphatic heterocycles. The molecule has 13 heteroatoms. The van der Waals surface area contributed by atoms with Crippen LogP contribution in [-0.4, -0.2) is 54.1 Å². The molecule has 33 heavy (non-hydrogen) atoms. The standard InChI is InChI=1S/C20H19F2N9O2/c1-23-16-7-15(28-18-10(8-25-31(16)18)19(32)27-13-6-11(13)21)26-12-4-3-5-30(20(12)33)14-9-24-29(2)17(14)22/h3-5,7-9,11,13,23H,6H2,1-2H3,(H,26,28)(H,27,32)/t11-,13+/m1/s1. The normalized spacial score (nSPS) is 17.2. The maximum Gasteiger partial charge on any atom is 0.278 e. The summed E-state index contributed by atoms with van der Waals surface area (Å²) in [5.74, 6) is -0.410. The summed E-state index contributed by atoms with van der Waals surface area (Å²) in [7, 11) is 3.10. The Morgan fingerprint density at radius 2 is 2.06 bits per heavy atom. The van der Waals surface area contributed by atoms with Crippen LogP contribution in [0.3, 0.4) is 0 Å². The van der Waals surface area contributed by atoms with E-state index >= 15 is 0 Å². The van der Waals surface area contributed by atoms with E-state index in [1.165, 1.54) is 36.2 Å². The van der Waals surface area contributed by atoms with Crippen molar-refractivity contribution in [1.29, 1.82) is 0 Å². The van der Waals surface area contributed by atoms with Crippen LogP contribution in [0.5, 0.6) is 0 Å². The molecule has 1 aliphatic carbocycles. The van der Waals surface area contributed by atoms with E-state index in [-0.39, 0.29) is 34.8 Å². The number of alkyl halides is 1. The largest absolute Gasteiger partial charge is 0.373 e. The second-order valence-electron chi connectivity index (χ2n) is 7.57. The third-order valence-corrected chi connectivity index (χ3v) is 5.32. The predicted octanol–water partition coefficient (Wildman–Crippen LogP) is 1.38. The lowest BCUT2D eigenvalue weighted by molar-refractivity contribution is 0.0949. The number of aryl methyl sites for hydroxylation is 1. The number of anilines is 3. The molecule has 5 rings (SSSR count). The zero-order valence-electron chi connectivity index (χ0n) is 17.6. The van der Waals surface area contributed by atoms with Gasteiger partial charge in [-0.2, -0.15) is 19.1 Å². The summed E-state index contributed by atoms with van der Waals surface area (Å²) >= 11 is 0. The van der Waals surface area contributed by atoms with E-state index < -0.39 is 29.6 Å². The molecule has 0 unspecified atom stereocenters. The van der Waals surface area contributed by atoms with Crippen molar-refractivity contribution in [3.8, 4) is 5.69 Å². The van der Waals surface area contributed by atoms with Crippen molar-refractivity contribution >= 4 is 28.9 Å². The average molecular weight is 455 g/mol. The molecule has 4 heterocycles. The van der Waals surface area contributed by atoms with Gasteiger partial charge in [-0.3, -0.25) is 14.2 Å². The number of carbonyl (C=O) groups is 1. The quantitative estimate of drug-likeness (QED) is 0.401. The molecule has 3 N–H and O–H groups in total. The first kappa shape index (κ1) is 20.6. The molecule has 4 aromatic rings. The van der Waals surface area contributed by atoms with Gasteiger partial charge in [0.25, 0.3) is 11.5 Å². The minimum absolute atomic E-state index is 0.00599. The molecular formula is C20H19F2N9O2. The van der Waals surface area contributed by atoms with Gasteiger partial charge in [0.15, 0.2) is 5.65 Å². The van der Waals surface area contributed by atoms with E-state index in [0.29, 0.717) is 5.82 Å². The Kier molecular flexibility index (Phi) is 4.80. The lowest BCUT2D eigenvalue weighted by Gasteiger charge is -2.11. The van der Waals surface area contributed by atoms with Gasteiger partial charge >= 0.3 is 0 Å². The van der Waals surface area contributed by atoms with E-state index in [1.807, 2.05) is 0 Å². The van der Waals surface area contributed by atoms with Gasteiger partial charge in [0, 0.05) is 32.8 Å². The molecular weight excluding hydrogens is 436 g/mol. The average Bonchev–Trinajstić information content (AvgIpc) is 3.17.